The van der Waals surface area contributed by atoms with Crippen molar-refractivity contribution in [2.24, 2.45) is 7.05 Å². The van der Waals surface area contributed by atoms with E-state index in [0.29, 0.717) is 0 Å². The molecule has 0 atom stereocenters. The molecule has 1 aromatic heterocycles. The van der Waals surface area contributed by atoms with Crippen molar-refractivity contribution in [3.8, 4) is 0 Å². The number of nitrogens with two attached hydrogens (primary N) is 1. The lowest BCUT2D eigenvalue weighted by atomic mass is 10.1. The highest BCUT2D eigenvalue weighted by Gasteiger charge is 1.99. The molecule has 0 amide bonds. The van der Waals surface area contributed by atoms with E-state index in [1.54, 1.807) is 0 Å². The minimum absolute atomic E-state index is 0.806. The van der Waals surface area contributed by atoms with Crippen molar-refractivity contribution in [1.29, 1.82) is 0 Å². The summed E-state index contributed by atoms with van der Waals surface area (Å²) < 4.78 is 1.82. The third-order valence-electron chi connectivity index (χ3n) is 2.74. The molecule has 0 saturated heterocycles. The first-order chi connectivity index (χ1) is 8.15. The lowest BCUT2D eigenvalue weighted by Gasteiger charge is -2.09. The van der Waals surface area contributed by atoms with Gasteiger partial charge in [0.2, 0.25) is 0 Å². The van der Waals surface area contributed by atoms with Gasteiger partial charge in [0.1, 0.15) is 0 Å². The Morgan fingerprint density at radius 1 is 1.41 bits per heavy atom. The SMILES string of the molecule is Cc1cc(N)ccc1NCCc1cnn(C)c1. The molecule has 0 aliphatic rings. The number of nitrogens with zero attached hydrogens (tertiary/aromatic N) is 2. The number of hydrogen-bond donors (Lipinski definition) is 2. The van der Waals surface area contributed by atoms with Crippen molar-refractivity contribution in [2.75, 3.05) is 17.6 Å². The molecule has 0 unspecified atom stereocenters. The highest BCUT2D eigenvalue weighted by molar-refractivity contribution is 5.57. The summed E-state index contributed by atoms with van der Waals surface area (Å²) in [7, 11) is 1.93. The topological polar surface area (TPSA) is 55.9 Å². The van der Waals surface area contributed by atoms with Gasteiger partial charge >= 0.3 is 0 Å². The second-order valence-electron chi connectivity index (χ2n) is 4.27. The van der Waals surface area contributed by atoms with E-state index in [1.807, 2.05) is 42.3 Å². The monoisotopic (exact) mass is 230 g/mol. The van der Waals surface area contributed by atoms with Crippen LogP contribution in [0.3, 0.4) is 0 Å². The maximum Gasteiger partial charge on any atom is 0.0522 e. The molecule has 1 aromatic carbocycles. The van der Waals surface area contributed by atoms with Gasteiger partial charge in [-0.25, -0.2) is 0 Å². The van der Waals surface area contributed by atoms with Crippen LogP contribution in [0.4, 0.5) is 11.4 Å². The number of aromatic nitrogens is 2. The Balaban J connectivity index is 1.90. The first kappa shape index (κ1) is 11.5. The summed E-state index contributed by atoms with van der Waals surface area (Å²) in [5, 5.41) is 7.55. The maximum atomic E-state index is 5.71. The van der Waals surface area contributed by atoms with Crippen LogP contribution < -0.4 is 11.1 Å². The van der Waals surface area contributed by atoms with E-state index in [4.69, 9.17) is 5.73 Å². The number of nitrogens with one attached hydrogen (secondary N) is 1. The number of benzene rings is 1. The molecule has 1 heterocycles. The van der Waals surface area contributed by atoms with E-state index in [2.05, 4.69) is 17.3 Å². The maximum absolute atomic E-state index is 5.71. The summed E-state index contributed by atoms with van der Waals surface area (Å²) >= 11 is 0. The Bertz CT molecular complexity index is 502. The average Bonchev–Trinajstić information content (AvgIpc) is 2.68. The Morgan fingerprint density at radius 2 is 2.24 bits per heavy atom. The van der Waals surface area contributed by atoms with Gasteiger partial charge in [0.05, 0.1) is 6.20 Å². The van der Waals surface area contributed by atoms with Crippen molar-refractivity contribution < 1.29 is 0 Å². The van der Waals surface area contributed by atoms with Crippen molar-refractivity contribution in [3.05, 3.63) is 41.7 Å². The Labute approximate surface area is 101 Å². The predicted octanol–water partition coefficient (Wildman–Crippen LogP) is 1.97. The summed E-state index contributed by atoms with van der Waals surface area (Å²) in [6.45, 7) is 2.96. The van der Waals surface area contributed by atoms with Crippen LogP contribution in [0.25, 0.3) is 0 Å². The van der Waals surface area contributed by atoms with Crippen LogP contribution >= 0.6 is 0 Å². The Hall–Kier alpha value is -1.97. The van der Waals surface area contributed by atoms with Gasteiger partial charge in [0.25, 0.3) is 0 Å². The standard InChI is InChI=1S/C13H18N4/c1-10-7-12(14)3-4-13(10)15-6-5-11-8-16-17(2)9-11/h3-4,7-9,15H,5-6,14H2,1-2H3. The lowest BCUT2D eigenvalue weighted by Crippen LogP contribution is -2.05. The van der Waals surface area contributed by atoms with E-state index in [0.717, 1.165) is 24.3 Å². The van der Waals surface area contributed by atoms with Crippen LogP contribution in [0, 0.1) is 6.92 Å². The van der Waals surface area contributed by atoms with E-state index in [-0.39, 0.29) is 0 Å². The number of nitrogen functional groups attached to an aromatic ring is 1. The van der Waals surface area contributed by atoms with Crippen LogP contribution in [-0.2, 0) is 13.5 Å². The lowest BCUT2D eigenvalue weighted by molar-refractivity contribution is 0.767. The van der Waals surface area contributed by atoms with E-state index < -0.39 is 0 Å². The van der Waals surface area contributed by atoms with Gasteiger partial charge in [-0.3, -0.25) is 4.68 Å². The first-order valence-corrected chi connectivity index (χ1v) is 5.72. The molecule has 2 aromatic rings. The van der Waals surface area contributed by atoms with Crippen molar-refractivity contribution in [1.82, 2.24) is 9.78 Å². The zero-order valence-electron chi connectivity index (χ0n) is 10.3. The zero-order valence-corrected chi connectivity index (χ0v) is 10.3. The summed E-state index contributed by atoms with van der Waals surface area (Å²) in [6, 6.07) is 5.92. The van der Waals surface area contributed by atoms with E-state index in [1.165, 1.54) is 11.1 Å². The molecule has 0 radical (unpaired) electrons. The second kappa shape index (κ2) is 4.91. The molecule has 4 nitrogen and oxygen atoms in total. The largest absolute Gasteiger partial charge is 0.399 e. The molecule has 3 N–H and O–H groups in total. The molecular weight excluding hydrogens is 212 g/mol. The van der Waals surface area contributed by atoms with Crippen molar-refractivity contribution >= 4 is 11.4 Å². The van der Waals surface area contributed by atoms with Gasteiger partial charge in [-0.1, -0.05) is 0 Å². The number of aryl methyl sites for hydroxylation is 2. The molecule has 0 spiro atoms. The summed E-state index contributed by atoms with van der Waals surface area (Å²) in [5.41, 5.74) is 10.1. The number of anilines is 2. The Morgan fingerprint density at radius 3 is 2.88 bits per heavy atom. The van der Waals surface area contributed by atoms with E-state index in [9.17, 15) is 0 Å². The molecule has 17 heavy (non-hydrogen) atoms. The Kier molecular flexibility index (Phi) is 3.32. The fraction of sp³-hybridized carbons (Fsp3) is 0.308. The number of hydrogen-bond acceptors (Lipinski definition) is 3. The van der Waals surface area contributed by atoms with Crippen LogP contribution in [0.5, 0.6) is 0 Å². The summed E-state index contributed by atoms with van der Waals surface area (Å²) in [4.78, 5) is 0. The molecule has 0 saturated carbocycles. The van der Waals surface area contributed by atoms with Gasteiger partial charge in [0.15, 0.2) is 0 Å². The molecule has 0 aliphatic heterocycles. The fourth-order valence-electron chi connectivity index (χ4n) is 1.83. The smallest absolute Gasteiger partial charge is 0.0522 e. The van der Waals surface area contributed by atoms with Gasteiger partial charge in [-0.2, -0.15) is 5.10 Å². The minimum atomic E-state index is 0.806. The normalized spacial score (nSPS) is 10.5. The molecule has 0 aliphatic carbocycles. The molecule has 0 bridgehead atoms. The second-order valence-corrected chi connectivity index (χ2v) is 4.27. The molecule has 2 rings (SSSR count). The third-order valence-corrected chi connectivity index (χ3v) is 2.74. The van der Waals surface area contributed by atoms with Crippen molar-refractivity contribution in [2.45, 2.75) is 13.3 Å². The summed E-state index contributed by atoms with van der Waals surface area (Å²) in [6.07, 6.45) is 4.91. The van der Waals surface area contributed by atoms with Crippen molar-refractivity contribution in [3.63, 3.8) is 0 Å². The quantitative estimate of drug-likeness (QED) is 0.789. The molecular formula is C13H18N4. The zero-order chi connectivity index (χ0) is 12.3. The van der Waals surface area contributed by atoms with Crippen LogP contribution in [0.2, 0.25) is 0 Å². The number of rotatable bonds is 4. The first-order valence-electron chi connectivity index (χ1n) is 5.72. The van der Waals surface area contributed by atoms with Gasteiger partial charge < -0.3 is 11.1 Å². The van der Waals surface area contributed by atoms with Crippen LogP contribution in [-0.4, -0.2) is 16.3 Å². The van der Waals surface area contributed by atoms with Gasteiger partial charge in [0, 0.05) is 31.2 Å². The fourth-order valence-corrected chi connectivity index (χ4v) is 1.83. The van der Waals surface area contributed by atoms with E-state index >= 15 is 0 Å². The highest BCUT2D eigenvalue weighted by Crippen LogP contribution is 2.17. The van der Waals surface area contributed by atoms with Gasteiger partial charge in [-0.15, -0.1) is 0 Å². The third kappa shape index (κ3) is 3.00. The predicted molar refractivity (Wildman–Crippen MR) is 71.0 cm³/mol. The van der Waals surface area contributed by atoms with Gasteiger partial charge in [-0.05, 0) is 42.7 Å². The highest BCUT2D eigenvalue weighted by atomic mass is 15.2. The minimum Gasteiger partial charge on any atom is -0.399 e. The van der Waals surface area contributed by atoms with Crippen LogP contribution in [0.15, 0.2) is 30.6 Å². The van der Waals surface area contributed by atoms with Crippen LogP contribution in [0.1, 0.15) is 11.1 Å². The summed E-state index contributed by atoms with van der Waals surface area (Å²) in [5.74, 6) is 0. The molecule has 4 heteroatoms. The molecule has 0 fully saturated rings. The average molecular weight is 230 g/mol. The molecule has 90 valence electrons.